The zero-order valence-electron chi connectivity index (χ0n) is 8.71. The van der Waals surface area contributed by atoms with Crippen LogP contribution >= 0.6 is 0 Å². The Hall–Kier alpha value is -1.27. The molecule has 3 heteroatoms. The van der Waals surface area contributed by atoms with E-state index in [0.717, 1.165) is 18.7 Å². The van der Waals surface area contributed by atoms with Gasteiger partial charge in [-0.2, -0.15) is 5.26 Å². The van der Waals surface area contributed by atoms with Crippen LogP contribution in [0.4, 0.5) is 0 Å². The van der Waals surface area contributed by atoms with Gasteiger partial charge in [-0.3, -0.25) is 0 Å². The van der Waals surface area contributed by atoms with Gasteiger partial charge in [-0.1, -0.05) is 13.8 Å². The number of nitriles is 1. The fourth-order valence-corrected chi connectivity index (χ4v) is 1.14. The van der Waals surface area contributed by atoms with Crippen molar-refractivity contribution in [3.63, 3.8) is 0 Å². The third-order valence-corrected chi connectivity index (χ3v) is 1.97. The first-order valence-electron chi connectivity index (χ1n) is 4.92. The lowest BCUT2D eigenvalue weighted by Gasteiger charge is -2.04. The molecular weight excluding hydrogens is 176 g/mol. The molecule has 0 fully saturated rings. The minimum Gasteiger partial charge on any atom is -0.449 e. The van der Waals surface area contributed by atoms with Gasteiger partial charge in [0, 0.05) is 0 Å². The van der Waals surface area contributed by atoms with Gasteiger partial charge in [-0.15, -0.1) is 0 Å². The van der Waals surface area contributed by atoms with Gasteiger partial charge in [0.1, 0.15) is 11.8 Å². The Morgan fingerprint density at radius 2 is 2.29 bits per heavy atom. The van der Waals surface area contributed by atoms with Crippen molar-refractivity contribution < 1.29 is 4.42 Å². The summed E-state index contributed by atoms with van der Waals surface area (Å²) >= 11 is 0. The van der Waals surface area contributed by atoms with Crippen LogP contribution in [0.1, 0.15) is 31.8 Å². The maximum atomic E-state index is 8.53. The van der Waals surface area contributed by atoms with E-state index >= 15 is 0 Å². The lowest BCUT2D eigenvalue weighted by atomic mass is 10.1. The monoisotopic (exact) mass is 192 g/mol. The molecule has 0 aliphatic heterocycles. The minimum absolute atomic E-state index is 0.380. The van der Waals surface area contributed by atoms with Crippen LogP contribution in [0.2, 0.25) is 0 Å². The van der Waals surface area contributed by atoms with Gasteiger partial charge in [-0.05, 0) is 31.0 Å². The third kappa shape index (κ3) is 3.63. The van der Waals surface area contributed by atoms with E-state index in [0.29, 0.717) is 18.2 Å². The highest BCUT2D eigenvalue weighted by atomic mass is 16.3. The molecule has 1 aromatic rings. The molecule has 76 valence electrons. The Labute approximate surface area is 84.7 Å². The highest BCUT2D eigenvalue weighted by molar-refractivity contribution is 5.18. The fourth-order valence-electron chi connectivity index (χ4n) is 1.14. The first-order valence-corrected chi connectivity index (χ1v) is 4.92. The Bertz CT molecular complexity index is 309. The maximum Gasteiger partial charge on any atom is 0.203 e. The van der Waals surface area contributed by atoms with E-state index in [9.17, 15) is 0 Å². The van der Waals surface area contributed by atoms with E-state index in [1.54, 1.807) is 6.07 Å². The zero-order valence-corrected chi connectivity index (χ0v) is 8.71. The van der Waals surface area contributed by atoms with Crippen LogP contribution in [-0.4, -0.2) is 6.54 Å². The molecule has 0 saturated heterocycles. The van der Waals surface area contributed by atoms with Crippen LogP contribution in [0.15, 0.2) is 16.5 Å². The van der Waals surface area contributed by atoms with Gasteiger partial charge in [0.2, 0.25) is 5.76 Å². The van der Waals surface area contributed by atoms with Crippen LogP contribution in [-0.2, 0) is 6.54 Å². The minimum atomic E-state index is 0.380. The van der Waals surface area contributed by atoms with Gasteiger partial charge in [-0.25, -0.2) is 0 Å². The number of nitrogens with one attached hydrogen (secondary N) is 1. The SMILES string of the molecule is CC(C)CCNCc1ccc(C#N)o1. The van der Waals surface area contributed by atoms with E-state index < -0.39 is 0 Å². The van der Waals surface area contributed by atoms with Crippen LogP contribution in [0.25, 0.3) is 0 Å². The van der Waals surface area contributed by atoms with Crippen LogP contribution in [0.3, 0.4) is 0 Å². The summed E-state index contributed by atoms with van der Waals surface area (Å²) in [6.45, 7) is 6.08. The Kier molecular flexibility index (Phi) is 4.21. The standard InChI is InChI=1S/C11H16N2O/c1-9(2)5-6-13-8-11-4-3-10(7-12)14-11/h3-4,9,13H,5-6,8H2,1-2H3. The van der Waals surface area contributed by atoms with Gasteiger partial charge < -0.3 is 9.73 Å². The fraction of sp³-hybridized carbons (Fsp3) is 0.545. The molecule has 0 aliphatic carbocycles. The van der Waals surface area contributed by atoms with Gasteiger partial charge in [0.05, 0.1) is 6.54 Å². The molecule has 0 aliphatic rings. The highest BCUT2D eigenvalue weighted by Gasteiger charge is 2.00. The lowest BCUT2D eigenvalue weighted by Crippen LogP contribution is -2.15. The van der Waals surface area contributed by atoms with Crippen molar-refractivity contribution in [2.75, 3.05) is 6.54 Å². The van der Waals surface area contributed by atoms with E-state index in [1.165, 1.54) is 0 Å². The smallest absolute Gasteiger partial charge is 0.203 e. The van der Waals surface area contributed by atoms with E-state index in [1.807, 2.05) is 12.1 Å². The Morgan fingerprint density at radius 1 is 1.50 bits per heavy atom. The largest absolute Gasteiger partial charge is 0.449 e. The molecule has 0 aromatic carbocycles. The molecule has 0 radical (unpaired) electrons. The third-order valence-electron chi connectivity index (χ3n) is 1.97. The first kappa shape index (κ1) is 10.8. The molecule has 0 spiro atoms. The second kappa shape index (κ2) is 5.46. The maximum absolute atomic E-state index is 8.53. The lowest BCUT2D eigenvalue weighted by molar-refractivity contribution is 0.460. The van der Waals surface area contributed by atoms with Crippen molar-refractivity contribution in [2.24, 2.45) is 5.92 Å². The summed E-state index contributed by atoms with van der Waals surface area (Å²) in [6.07, 6.45) is 1.16. The molecule has 1 N–H and O–H groups in total. The number of rotatable bonds is 5. The number of hydrogen-bond donors (Lipinski definition) is 1. The second-order valence-electron chi connectivity index (χ2n) is 3.74. The van der Waals surface area contributed by atoms with Crippen molar-refractivity contribution in [3.8, 4) is 6.07 Å². The predicted octanol–water partition coefficient (Wildman–Crippen LogP) is 2.29. The quantitative estimate of drug-likeness (QED) is 0.728. The van der Waals surface area contributed by atoms with E-state index in [2.05, 4.69) is 19.2 Å². The van der Waals surface area contributed by atoms with Gasteiger partial charge in [0.15, 0.2) is 0 Å². The molecule has 1 aromatic heterocycles. The van der Waals surface area contributed by atoms with Crippen LogP contribution in [0.5, 0.6) is 0 Å². The van der Waals surface area contributed by atoms with Crippen molar-refractivity contribution in [2.45, 2.75) is 26.8 Å². The Morgan fingerprint density at radius 3 is 2.86 bits per heavy atom. The number of hydrogen-bond acceptors (Lipinski definition) is 3. The average Bonchev–Trinajstić information content (AvgIpc) is 2.60. The molecule has 0 amide bonds. The summed E-state index contributed by atoms with van der Waals surface area (Å²) in [5.74, 6) is 1.92. The first-order chi connectivity index (χ1) is 6.72. The summed E-state index contributed by atoms with van der Waals surface area (Å²) in [4.78, 5) is 0. The van der Waals surface area contributed by atoms with E-state index in [-0.39, 0.29) is 0 Å². The Balaban J connectivity index is 2.22. The summed E-state index contributed by atoms with van der Waals surface area (Å²) < 4.78 is 5.22. The van der Waals surface area contributed by atoms with Crippen molar-refractivity contribution in [1.29, 1.82) is 5.26 Å². The van der Waals surface area contributed by atoms with Crippen molar-refractivity contribution in [3.05, 3.63) is 23.7 Å². The van der Waals surface area contributed by atoms with Crippen LogP contribution in [0, 0.1) is 17.2 Å². The molecule has 3 nitrogen and oxygen atoms in total. The molecule has 0 bridgehead atoms. The molecule has 1 rings (SSSR count). The molecule has 14 heavy (non-hydrogen) atoms. The normalized spacial score (nSPS) is 10.4. The van der Waals surface area contributed by atoms with Gasteiger partial charge in [0.25, 0.3) is 0 Å². The summed E-state index contributed by atoms with van der Waals surface area (Å²) in [5.41, 5.74) is 0. The van der Waals surface area contributed by atoms with Crippen molar-refractivity contribution in [1.82, 2.24) is 5.32 Å². The second-order valence-corrected chi connectivity index (χ2v) is 3.74. The number of furan rings is 1. The van der Waals surface area contributed by atoms with Gasteiger partial charge >= 0.3 is 0 Å². The molecule has 0 unspecified atom stereocenters. The number of nitrogens with zero attached hydrogens (tertiary/aromatic N) is 1. The predicted molar refractivity (Wildman–Crippen MR) is 54.6 cm³/mol. The molecular formula is C11H16N2O. The van der Waals surface area contributed by atoms with Crippen molar-refractivity contribution >= 4 is 0 Å². The van der Waals surface area contributed by atoms with E-state index in [4.69, 9.17) is 9.68 Å². The van der Waals surface area contributed by atoms with Crippen LogP contribution < -0.4 is 5.32 Å². The zero-order chi connectivity index (χ0) is 10.4. The summed E-state index contributed by atoms with van der Waals surface area (Å²) in [6, 6.07) is 5.49. The highest BCUT2D eigenvalue weighted by Crippen LogP contribution is 2.06. The molecule has 0 atom stereocenters. The average molecular weight is 192 g/mol. The molecule has 0 saturated carbocycles. The summed E-state index contributed by atoms with van der Waals surface area (Å²) in [7, 11) is 0. The topological polar surface area (TPSA) is 49.0 Å². The summed E-state index contributed by atoms with van der Waals surface area (Å²) in [5, 5.41) is 11.8. The molecule has 1 heterocycles.